The summed E-state index contributed by atoms with van der Waals surface area (Å²) >= 11 is 7.83. The normalized spacial score (nSPS) is 12.1. The van der Waals surface area contributed by atoms with Crippen molar-refractivity contribution < 1.29 is 4.52 Å². The van der Waals surface area contributed by atoms with Crippen molar-refractivity contribution in [3.8, 4) is 5.75 Å². The third kappa shape index (κ3) is 3.61. The van der Waals surface area contributed by atoms with Crippen LogP contribution in [-0.4, -0.2) is 14.8 Å². The van der Waals surface area contributed by atoms with E-state index in [2.05, 4.69) is 10.1 Å². The molecule has 0 radical (unpaired) electrons. The summed E-state index contributed by atoms with van der Waals surface area (Å²) in [7, 11) is 0.774. The van der Waals surface area contributed by atoms with Gasteiger partial charge in [0.1, 0.15) is 12.1 Å². The second-order valence-corrected chi connectivity index (χ2v) is 8.07. The molecule has 3 rings (SSSR count). The fraction of sp³-hybridized carbons (Fsp3) is 0.0667. The lowest BCUT2D eigenvalue weighted by atomic mass is 10.3. The number of para-hydroxylation sites is 1. The maximum Gasteiger partial charge on any atom is 0.222 e. The van der Waals surface area contributed by atoms with Gasteiger partial charge in [-0.1, -0.05) is 41.9 Å². The summed E-state index contributed by atoms with van der Waals surface area (Å²) in [6, 6.07) is 17.5. The Kier molecular flexibility index (Phi) is 4.98. The zero-order valence-electron chi connectivity index (χ0n) is 11.8. The minimum absolute atomic E-state index is 0.589. The van der Waals surface area contributed by atoms with Crippen LogP contribution in [-0.2, 0) is 7.05 Å². The van der Waals surface area contributed by atoms with E-state index in [9.17, 15) is 0 Å². The second kappa shape index (κ2) is 7.14. The highest BCUT2D eigenvalue weighted by molar-refractivity contribution is 8.56. The van der Waals surface area contributed by atoms with Crippen LogP contribution in [0.3, 0.4) is 0 Å². The standard InChI is InChI=1S/C15H13ClN3OPS/c1-19-15(17-11-18-19)21(22-12-7-3-2-4-8-12)20-14-10-6-5-9-13(14)16/h2-11H,1H3. The van der Waals surface area contributed by atoms with Crippen LogP contribution < -0.4 is 10.1 Å². The number of aryl methyl sites for hydroxylation is 1. The Labute approximate surface area is 139 Å². The molecule has 0 saturated carbocycles. The van der Waals surface area contributed by atoms with Gasteiger partial charge in [-0.05, 0) is 35.6 Å². The molecule has 2 aromatic carbocycles. The Balaban J connectivity index is 1.90. The summed E-state index contributed by atoms with van der Waals surface area (Å²) in [5.41, 5.74) is 0.795. The topological polar surface area (TPSA) is 39.9 Å². The van der Waals surface area contributed by atoms with Gasteiger partial charge in [0.25, 0.3) is 0 Å². The smallest absolute Gasteiger partial charge is 0.222 e. The van der Waals surface area contributed by atoms with Crippen LogP contribution in [0.1, 0.15) is 0 Å². The maximum atomic E-state index is 6.21. The monoisotopic (exact) mass is 349 g/mol. The Morgan fingerprint density at radius 2 is 1.82 bits per heavy atom. The molecule has 1 aromatic heterocycles. The molecule has 0 N–H and O–H groups in total. The fourth-order valence-corrected chi connectivity index (χ4v) is 5.44. The number of nitrogens with zero attached hydrogens (tertiary/aromatic N) is 3. The number of rotatable bonds is 5. The zero-order chi connectivity index (χ0) is 15.4. The highest BCUT2D eigenvalue weighted by Gasteiger charge is 2.22. The first kappa shape index (κ1) is 15.3. The van der Waals surface area contributed by atoms with Gasteiger partial charge in [-0.25, -0.2) is 9.67 Å². The maximum absolute atomic E-state index is 6.21. The predicted molar refractivity (Wildman–Crippen MR) is 91.9 cm³/mol. The molecular weight excluding hydrogens is 337 g/mol. The van der Waals surface area contributed by atoms with Crippen molar-refractivity contribution in [2.75, 3.05) is 0 Å². The van der Waals surface area contributed by atoms with Crippen molar-refractivity contribution in [2.24, 2.45) is 7.05 Å². The predicted octanol–water partition coefficient (Wildman–Crippen LogP) is 4.28. The second-order valence-electron chi connectivity index (χ2n) is 4.37. The van der Waals surface area contributed by atoms with Crippen molar-refractivity contribution in [1.29, 1.82) is 0 Å². The highest BCUT2D eigenvalue weighted by Crippen LogP contribution is 2.53. The molecular formula is C15H13ClN3OPS. The van der Waals surface area contributed by atoms with E-state index < -0.39 is 7.35 Å². The SMILES string of the molecule is Cn1ncnc1P(Oc1ccccc1Cl)Sc1ccccc1. The summed E-state index contributed by atoms with van der Waals surface area (Å²) in [5, 5.41) is 4.73. The van der Waals surface area contributed by atoms with Crippen LogP contribution >= 0.6 is 30.3 Å². The van der Waals surface area contributed by atoms with Gasteiger partial charge in [-0.3, -0.25) is 0 Å². The van der Waals surface area contributed by atoms with Gasteiger partial charge < -0.3 is 4.52 Å². The number of hydrogen-bond donors (Lipinski definition) is 0. The molecule has 0 amide bonds. The van der Waals surface area contributed by atoms with Gasteiger partial charge in [0.05, 0.1) is 5.02 Å². The number of benzene rings is 2. The lowest BCUT2D eigenvalue weighted by molar-refractivity contribution is 0.630. The Morgan fingerprint density at radius 1 is 1.09 bits per heavy atom. The summed E-state index contributed by atoms with van der Waals surface area (Å²) in [5.74, 6) is 0.654. The van der Waals surface area contributed by atoms with Crippen molar-refractivity contribution in [3.63, 3.8) is 0 Å². The third-order valence-electron chi connectivity index (χ3n) is 2.80. The van der Waals surface area contributed by atoms with Gasteiger partial charge in [0.15, 0.2) is 0 Å². The molecule has 0 bridgehead atoms. The van der Waals surface area contributed by atoms with E-state index in [1.165, 1.54) is 6.33 Å². The van der Waals surface area contributed by atoms with Crippen LogP contribution in [0.2, 0.25) is 5.02 Å². The molecule has 22 heavy (non-hydrogen) atoms. The van der Waals surface area contributed by atoms with Crippen molar-refractivity contribution in [2.45, 2.75) is 4.90 Å². The number of halogens is 1. The van der Waals surface area contributed by atoms with Crippen molar-refractivity contribution in [1.82, 2.24) is 14.8 Å². The molecule has 0 spiro atoms. The molecule has 0 aliphatic rings. The summed E-state index contributed by atoms with van der Waals surface area (Å²) < 4.78 is 7.88. The van der Waals surface area contributed by atoms with Gasteiger partial charge >= 0.3 is 0 Å². The first-order valence-electron chi connectivity index (χ1n) is 6.53. The van der Waals surface area contributed by atoms with Crippen LogP contribution in [0.5, 0.6) is 5.75 Å². The number of aromatic nitrogens is 3. The zero-order valence-corrected chi connectivity index (χ0v) is 14.2. The molecule has 4 nitrogen and oxygen atoms in total. The third-order valence-corrected chi connectivity index (χ3v) is 6.70. The van der Waals surface area contributed by atoms with E-state index in [1.54, 1.807) is 16.1 Å². The largest absolute Gasteiger partial charge is 0.453 e. The van der Waals surface area contributed by atoms with Gasteiger partial charge in [0.2, 0.25) is 12.9 Å². The summed E-state index contributed by atoms with van der Waals surface area (Å²) in [4.78, 5) is 5.44. The molecule has 112 valence electrons. The minimum Gasteiger partial charge on any atom is -0.453 e. The molecule has 1 unspecified atom stereocenters. The van der Waals surface area contributed by atoms with Gasteiger partial charge in [-0.2, -0.15) is 5.10 Å². The Morgan fingerprint density at radius 3 is 2.50 bits per heavy atom. The van der Waals surface area contributed by atoms with E-state index in [-0.39, 0.29) is 0 Å². The first-order chi connectivity index (χ1) is 10.7. The van der Waals surface area contributed by atoms with E-state index >= 15 is 0 Å². The van der Waals surface area contributed by atoms with E-state index in [4.69, 9.17) is 16.1 Å². The van der Waals surface area contributed by atoms with Crippen LogP contribution in [0.25, 0.3) is 0 Å². The van der Waals surface area contributed by atoms with E-state index in [1.807, 2.05) is 61.6 Å². The van der Waals surface area contributed by atoms with Gasteiger partial charge in [-0.15, -0.1) is 0 Å². The average Bonchev–Trinajstić information content (AvgIpc) is 2.96. The van der Waals surface area contributed by atoms with Crippen molar-refractivity contribution in [3.05, 3.63) is 65.9 Å². The Hall–Kier alpha value is -1.55. The minimum atomic E-state index is -1.09. The van der Waals surface area contributed by atoms with E-state index in [0.29, 0.717) is 10.8 Å². The van der Waals surface area contributed by atoms with Crippen LogP contribution in [0.15, 0.2) is 65.8 Å². The number of hydrogen-bond acceptors (Lipinski definition) is 4. The molecule has 0 aliphatic heterocycles. The summed E-state index contributed by atoms with van der Waals surface area (Å²) in [6.07, 6.45) is 1.53. The highest BCUT2D eigenvalue weighted by atomic mass is 35.5. The average molecular weight is 350 g/mol. The molecule has 0 fully saturated rings. The fourth-order valence-electron chi connectivity index (χ4n) is 1.74. The molecule has 7 heteroatoms. The van der Waals surface area contributed by atoms with E-state index in [0.717, 1.165) is 10.5 Å². The lowest BCUT2D eigenvalue weighted by Crippen LogP contribution is -2.16. The quantitative estimate of drug-likeness (QED) is 0.645. The molecule has 3 aromatic rings. The summed E-state index contributed by atoms with van der Waals surface area (Å²) in [6.45, 7) is 0. The van der Waals surface area contributed by atoms with Crippen molar-refractivity contribution >= 4 is 35.9 Å². The first-order valence-corrected chi connectivity index (χ1v) is 9.59. The van der Waals surface area contributed by atoms with Gasteiger partial charge in [0, 0.05) is 11.9 Å². The molecule has 1 heterocycles. The Bertz CT molecular complexity index is 753. The molecule has 1 atom stereocenters. The molecule has 0 saturated heterocycles. The van der Waals surface area contributed by atoms with Crippen LogP contribution in [0, 0.1) is 0 Å². The molecule has 0 aliphatic carbocycles. The van der Waals surface area contributed by atoms with Crippen LogP contribution in [0.4, 0.5) is 0 Å². The lowest BCUT2D eigenvalue weighted by Gasteiger charge is -2.17.